The molecule has 0 spiro atoms. The van der Waals surface area contributed by atoms with Gasteiger partial charge in [-0.15, -0.1) is 0 Å². The average molecular weight is 386 g/mol. The molecular weight excluding hydrogens is 366 g/mol. The summed E-state index contributed by atoms with van der Waals surface area (Å²) in [5.41, 5.74) is 1.47. The highest BCUT2D eigenvalue weighted by molar-refractivity contribution is 6.30. The molecule has 0 bridgehead atoms. The van der Waals surface area contributed by atoms with Crippen LogP contribution in [0.5, 0.6) is 5.75 Å². The van der Waals surface area contributed by atoms with Gasteiger partial charge in [0.1, 0.15) is 5.75 Å². The van der Waals surface area contributed by atoms with Crippen LogP contribution in [0.1, 0.15) is 25.7 Å². The second-order valence-corrected chi connectivity index (χ2v) is 6.29. The van der Waals surface area contributed by atoms with Gasteiger partial charge in [0.25, 0.3) is 0 Å². The number of aromatic nitrogens is 2. The fraction of sp³-hybridized carbons (Fsp3) is 0.250. The average Bonchev–Trinajstić information content (AvgIpc) is 3.11. The molecule has 0 radical (unpaired) electrons. The van der Waals surface area contributed by atoms with Gasteiger partial charge in [0, 0.05) is 23.6 Å². The van der Waals surface area contributed by atoms with Crippen molar-refractivity contribution in [1.29, 1.82) is 0 Å². The minimum absolute atomic E-state index is 0.0845. The molecule has 1 heterocycles. The smallest absolute Gasteiger partial charge is 0.226 e. The number of aryl methyl sites for hydroxylation is 1. The number of hydrogen-bond donors (Lipinski definition) is 1. The highest BCUT2D eigenvalue weighted by atomic mass is 35.5. The Balaban J connectivity index is 1.53. The third-order valence-corrected chi connectivity index (χ3v) is 4.03. The van der Waals surface area contributed by atoms with Crippen molar-refractivity contribution >= 4 is 23.2 Å². The highest BCUT2D eigenvalue weighted by Crippen LogP contribution is 2.27. The van der Waals surface area contributed by atoms with Gasteiger partial charge >= 0.3 is 0 Å². The Labute approximate surface area is 162 Å². The molecule has 6 nitrogen and oxygen atoms in total. The van der Waals surface area contributed by atoms with Gasteiger partial charge in [-0.2, -0.15) is 4.98 Å². The number of carbonyl (C=O) groups is 1. The van der Waals surface area contributed by atoms with E-state index in [1.807, 2.05) is 31.2 Å². The van der Waals surface area contributed by atoms with Gasteiger partial charge in [0.05, 0.1) is 12.2 Å². The number of anilines is 1. The summed E-state index contributed by atoms with van der Waals surface area (Å²) in [7, 11) is 0. The van der Waals surface area contributed by atoms with Crippen LogP contribution in [0.4, 0.5) is 5.69 Å². The summed E-state index contributed by atoms with van der Waals surface area (Å²) in [5.74, 6) is 1.61. The van der Waals surface area contributed by atoms with Crippen LogP contribution in [0, 0.1) is 0 Å². The van der Waals surface area contributed by atoms with Gasteiger partial charge in [0.2, 0.25) is 17.6 Å². The maximum Gasteiger partial charge on any atom is 0.226 e. The van der Waals surface area contributed by atoms with Crippen LogP contribution < -0.4 is 10.1 Å². The number of rotatable bonds is 8. The van der Waals surface area contributed by atoms with E-state index in [0.717, 1.165) is 5.56 Å². The quantitative estimate of drug-likeness (QED) is 0.605. The molecule has 3 aromatic rings. The van der Waals surface area contributed by atoms with Crippen molar-refractivity contribution in [2.45, 2.75) is 26.2 Å². The Kier molecular flexibility index (Phi) is 6.44. The van der Waals surface area contributed by atoms with Crippen molar-refractivity contribution in [2.24, 2.45) is 0 Å². The monoisotopic (exact) mass is 385 g/mol. The molecule has 0 aliphatic heterocycles. The summed E-state index contributed by atoms with van der Waals surface area (Å²) >= 11 is 5.91. The zero-order valence-electron chi connectivity index (χ0n) is 14.9. The fourth-order valence-electron chi connectivity index (χ4n) is 2.59. The van der Waals surface area contributed by atoms with Crippen LogP contribution in [0.2, 0.25) is 5.02 Å². The van der Waals surface area contributed by atoms with E-state index in [-0.39, 0.29) is 5.91 Å². The predicted molar refractivity (Wildman–Crippen MR) is 104 cm³/mol. The number of nitrogens with one attached hydrogen (secondary N) is 1. The molecule has 7 heteroatoms. The Hall–Kier alpha value is -2.86. The molecule has 140 valence electrons. The minimum Gasteiger partial charge on any atom is -0.493 e. The molecule has 27 heavy (non-hydrogen) atoms. The molecule has 1 amide bonds. The first-order valence-electron chi connectivity index (χ1n) is 8.76. The summed E-state index contributed by atoms with van der Waals surface area (Å²) in [5, 5.41) is 7.42. The van der Waals surface area contributed by atoms with E-state index in [2.05, 4.69) is 15.5 Å². The van der Waals surface area contributed by atoms with Crippen molar-refractivity contribution < 1.29 is 14.1 Å². The lowest BCUT2D eigenvalue weighted by Gasteiger charge is -2.06. The second-order valence-electron chi connectivity index (χ2n) is 5.85. The highest BCUT2D eigenvalue weighted by Gasteiger charge is 2.13. The summed E-state index contributed by atoms with van der Waals surface area (Å²) in [6.45, 7) is 2.48. The van der Waals surface area contributed by atoms with E-state index in [4.69, 9.17) is 20.9 Å². The lowest BCUT2D eigenvalue weighted by Crippen LogP contribution is -2.11. The van der Waals surface area contributed by atoms with E-state index in [1.165, 1.54) is 0 Å². The number of para-hydroxylation sites is 1. The van der Waals surface area contributed by atoms with Crippen molar-refractivity contribution in [2.75, 3.05) is 11.9 Å². The Morgan fingerprint density at radius 1 is 1.22 bits per heavy atom. The van der Waals surface area contributed by atoms with Crippen molar-refractivity contribution in [3.8, 4) is 17.1 Å². The number of nitrogens with zero attached hydrogens (tertiary/aromatic N) is 2. The van der Waals surface area contributed by atoms with Crippen LogP contribution in [0.15, 0.2) is 53.1 Å². The van der Waals surface area contributed by atoms with E-state index >= 15 is 0 Å². The van der Waals surface area contributed by atoms with Gasteiger partial charge in [0.15, 0.2) is 0 Å². The van der Waals surface area contributed by atoms with E-state index < -0.39 is 0 Å². The van der Waals surface area contributed by atoms with Gasteiger partial charge in [-0.25, -0.2) is 0 Å². The molecule has 0 aliphatic carbocycles. The fourth-order valence-corrected chi connectivity index (χ4v) is 2.78. The first-order chi connectivity index (χ1) is 13.2. The van der Waals surface area contributed by atoms with Crippen LogP contribution in [0.25, 0.3) is 11.4 Å². The van der Waals surface area contributed by atoms with Crippen LogP contribution in [-0.4, -0.2) is 22.7 Å². The Morgan fingerprint density at radius 3 is 2.89 bits per heavy atom. The molecule has 3 rings (SSSR count). The summed E-state index contributed by atoms with van der Waals surface area (Å²) in [6, 6.07) is 14.6. The van der Waals surface area contributed by atoms with Crippen LogP contribution >= 0.6 is 11.6 Å². The molecular formula is C20H20ClN3O3. The van der Waals surface area contributed by atoms with E-state index in [0.29, 0.717) is 54.0 Å². The van der Waals surface area contributed by atoms with E-state index in [1.54, 1.807) is 24.3 Å². The molecule has 0 fully saturated rings. The molecule has 1 aromatic heterocycles. The molecule has 0 unspecified atom stereocenters. The van der Waals surface area contributed by atoms with Crippen LogP contribution in [-0.2, 0) is 11.2 Å². The van der Waals surface area contributed by atoms with Crippen molar-refractivity contribution in [3.63, 3.8) is 0 Å². The van der Waals surface area contributed by atoms with Crippen molar-refractivity contribution in [1.82, 2.24) is 10.1 Å². The summed E-state index contributed by atoms with van der Waals surface area (Å²) in [4.78, 5) is 16.4. The predicted octanol–water partition coefficient (Wildman–Crippen LogP) is 4.75. The number of ether oxygens (including phenoxy) is 1. The molecule has 1 N–H and O–H groups in total. The molecule has 0 atom stereocenters. The zero-order chi connectivity index (χ0) is 19.1. The first kappa shape index (κ1) is 18.9. The van der Waals surface area contributed by atoms with Crippen LogP contribution in [0.3, 0.4) is 0 Å². The molecule has 0 aliphatic rings. The summed E-state index contributed by atoms with van der Waals surface area (Å²) in [6.07, 6.45) is 1.47. The first-order valence-corrected chi connectivity index (χ1v) is 9.13. The normalized spacial score (nSPS) is 10.6. The third-order valence-electron chi connectivity index (χ3n) is 3.80. The lowest BCUT2D eigenvalue weighted by molar-refractivity contribution is -0.116. The number of carbonyl (C=O) groups excluding carboxylic acids is 1. The van der Waals surface area contributed by atoms with Gasteiger partial charge in [-0.05, 0) is 43.7 Å². The Bertz CT molecular complexity index is 911. The second kappa shape index (κ2) is 9.19. The number of amides is 1. The standard InChI is InChI=1S/C20H20ClN3O3/c1-2-26-17-10-4-3-9-16(17)20-23-19(27-24-20)12-6-11-18(25)22-15-8-5-7-14(21)13-15/h3-5,7-10,13H,2,6,11-12H2,1H3,(H,22,25). The lowest BCUT2D eigenvalue weighted by atomic mass is 10.2. The van der Waals surface area contributed by atoms with Gasteiger partial charge < -0.3 is 14.6 Å². The SMILES string of the molecule is CCOc1ccccc1-c1noc(CCCC(=O)Nc2cccc(Cl)c2)n1. The molecule has 0 saturated carbocycles. The number of hydrogen-bond acceptors (Lipinski definition) is 5. The third kappa shape index (κ3) is 5.31. The van der Waals surface area contributed by atoms with Gasteiger partial charge in [-0.1, -0.05) is 35.0 Å². The van der Waals surface area contributed by atoms with Crippen molar-refractivity contribution in [3.05, 3.63) is 59.4 Å². The maximum absolute atomic E-state index is 12.0. The maximum atomic E-state index is 12.0. The molecule has 0 saturated heterocycles. The zero-order valence-corrected chi connectivity index (χ0v) is 15.7. The summed E-state index contributed by atoms with van der Waals surface area (Å²) < 4.78 is 10.9. The van der Waals surface area contributed by atoms with E-state index in [9.17, 15) is 4.79 Å². The largest absolute Gasteiger partial charge is 0.493 e. The topological polar surface area (TPSA) is 77.2 Å². The number of halogens is 1. The molecule has 2 aromatic carbocycles. The van der Waals surface area contributed by atoms with Gasteiger partial charge in [-0.3, -0.25) is 4.79 Å². The minimum atomic E-state index is -0.0845. The number of benzene rings is 2. The Morgan fingerprint density at radius 2 is 2.07 bits per heavy atom.